The predicted molar refractivity (Wildman–Crippen MR) is 460 cm³/mol. The molecule has 676 valence electrons. The van der Waals surface area contributed by atoms with Gasteiger partial charge in [-0.2, -0.15) is 0 Å². The number of amides is 8. The number of aliphatic hydroxyl groups is 1. The highest BCUT2D eigenvalue weighted by molar-refractivity contribution is 6.41. The molecule has 2 unspecified atom stereocenters. The molecule has 2 aliphatic rings. The van der Waals surface area contributed by atoms with Gasteiger partial charge in [0, 0.05) is 122 Å². The third kappa shape index (κ3) is 35.4. The van der Waals surface area contributed by atoms with Crippen molar-refractivity contribution < 1.29 is 102 Å². The first kappa shape index (κ1) is 101. The van der Waals surface area contributed by atoms with Gasteiger partial charge in [-0.15, -0.1) is 0 Å². The van der Waals surface area contributed by atoms with Crippen molar-refractivity contribution in [1.29, 1.82) is 0 Å². The van der Waals surface area contributed by atoms with E-state index in [4.69, 9.17) is 5.73 Å². The molecule has 0 radical (unpaired) electrons. The number of nitrogens with two attached hydrogens (primary N) is 1. The molecule has 8 amide bonds. The summed E-state index contributed by atoms with van der Waals surface area (Å²) in [6.45, 7) is 12.1. The summed E-state index contributed by atoms with van der Waals surface area (Å²) < 4.78 is 0. The summed E-state index contributed by atoms with van der Waals surface area (Å²) in [4.78, 5) is 224. The number of fused-ring (bicyclic) bond motifs is 1. The number of para-hydroxylation sites is 1. The molecular formula is C90H125N13O21. The van der Waals surface area contributed by atoms with Gasteiger partial charge in [0.25, 0.3) is 0 Å². The number of phenolic OH excluding ortho intramolecular Hbond substituents is 3. The number of phenols is 3. The van der Waals surface area contributed by atoms with E-state index < -0.39 is 139 Å². The van der Waals surface area contributed by atoms with Crippen LogP contribution in [0.15, 0.2) is 103 Å². The van der Waals surface area contributed by atoms with E-state index in [2.05, 4.69) is 42.3 Å². The van der Waals surface area contributed by atoms with E-state index in [-0.39, 0.29) is 142 Å². The average molecular weight is 1730 g/mol. The number of aromatic amines is 1. The maximum atomic E-state index is 15.0. The Morgan fingerprint density at radius 1 is 0.540 bits per heavy atom. The van der Waals surface area contributed by atoms with Crippen molar-refractivity contribution in [2.45, 2.75) is 219 Å². The molecule has 0 spiro atoms. The van der Waals surface area contributed by atoms with E-state index in [1.165, 1.54) is 72.6 Å². The second kappa shape index (κ2) is 52.2. The van der Waals surface area contributed by atoms with Crippen LogP contribution in [-0.4, -0.2) is 258 Å². The first-order valence-electron chi connectivity index (χ1n) is 42.7. The molecule has 0 saturated carbocycles. The Morgan fingerprint density at radius 2 is 1.04 bits per heavy atom. The Morgan fingerprint density at radius 3 is 1.58 bits per heavy atom. The molecule has 15 N–H and O–H groups in total. The highest BCUT2D eigenvalue weighted by Gasteiger charge is 2.39. The minimum Gasteiger partial charge on any atom is -0.508 e. The van der Waals surface area contributed by atoms with Crippen molar-refractivity contribution >= 4 is 105 Å². The van der Waals surface area contributed by atoms with Crippen LogP contribution >= 0.6 is 0 Å². The van der Waals surface area contributed by atoms with E-state index in [9.17, 15) is 102 Å². The fourth-order valence-corrected chi connectivity index (χ4v) is 14.8. The van der Waals surface area contributed by atoms with Crippen LogP contribution < -0.4 is 43.1 Å². The number of hydrogen-bond donors (Lipinski definition) is 14. The van der Waals surface area contributed by atoms with Crippen molar-refractivity contribution in [3.63, 3.8) is 0 Å². The molecule has 0 aliphatic carbocycles. The quantitative estimate of drug-likeness (QED) is 0.0302. The van der Waals surface area contributed by atoms with Gasteiger partial charge in [-0.3, -0.25) is 72.0 Å². The molecule has 34 nitrogen and oxygen atoms in total. The zero-order valence-corrected chi connectivity index (χ0v) is 72.1. The van der Waals surface area contributed by atoms with E-state index in [0.717, 1.165) is 52.1 Å². The van der Waals surface area contributed by atoms with Crippen LogP contribution in [-0.2, 0) is 102 Å². The number of rotatable bonds is 29. The predicted octanol–water partition coefficient (Wildman–Crippen LogP) is 3.86. The second-order valence-corrected chi connectivity index (χ2v) is 32.5. The second-order valence-electron chi connectivity index (χ2n) is 32.5. The lowest BCUT2D eigenvalue weighted by molar-refractivity contribution is -0.142. The number of carboxylic acids is 1. The monoisotopic (exact) mass is 1720 g/mol. The number of aromatic nitrogens is 1. The number of nitrogens with one attached hydrogen (secondary N) is 8. The number of ketones is 7. The lowest BCUT2D eigenvalue weighted by Gasteiger charge is -2.30. The van der Waals surface area contributed by atoms with Crippen LogP contribution in [0.5, 0.6) is 17.2 Å². The minimum atomic E-state index is -1.86. The molecular weight excluding hydrogens is 1600 g/mol. The van der Waals surface area contributed by atoms with Gasteiger partial charge in [0.15, 0.2) is 5.78 Å². The third-order valence-electron chi connectivity index (χ3n) is 21.9. The molecule has 34 heteroatoms. The number of aliphatic hydroxyl groups excluding tert-OH is 1. The Labute approximate surface area is 723 Å². The minimum absolute atomic E-state index is 0.0225. The Bertz CT molecular complexity index is 4440. The van der Waals surface area contributed by atoms with Crippen molar-refractivity contribution in [3.05, 3.63) is 126 Å². The van der Waals surface area contributed by atoms with Crippen molar-refractivity contribution in [1.82, 2.24) is 62.0 Å². The van der Waals surface area contributed by atoms with Crippen LogP contribution in [0.25, 0.3) is 10.9 Å². The molecule has 2 saturated heterocycles. The first-order valence-corrected chi connectivity index (χ1v) is 42.7. The molecule has 3 heterocycles. The van der Waals surface area contributed by atoms with Gasteiger partial charge in [-0.25, -0.2) is 15.2 Å². The molecule has 9 atom stereocenters. The number of carboxylic acid groups (broad SMARTS) is 1. The van der Waals surface area contributed by atoms with E-state index >= 15 is 0 Å². The number of aromatic hydroxyl groups is 3. The standard InChI is InChI=1S/C69H89N11O17.C21H36N2O4/c1-40(2)31-56-64(91)63(90)55(33-44-16-22-49(85)23-17-44)75-66(93)53(26-27-60(70)87)74-68(95)59(39-81)77-67(94)57(35-47-37-71-52-13-6-5-12-51(47)52)76-65(92)46(36-72-54(62(89)41(3)82)32-43-14-20-48(84)21-15-43)11-7-8-28-79(42(4)83)29-9-10-30-80(78-56)38-61(88)73-58(69(96)97)34-45-18-24-50(86)25-19-45;1-4-20(26)15-22-12-7-8-14-23(18(3)25)13-6-5-9-19(21(27)16-22)11-10-17(2)24/h5-6,12-25,37,40,46,53-59,71-72,78,81,84-86H,7-11,26-36,38-39H2,1-4H3,(H2,70,87)(H,73,88)(H,74,95)(H,75,93)(H,76,92)(H,77,94)(H,96,97);19H,4-16H2,1-3H3/t46-,53+,54+,55?,56+,57+,58+,59?;19-/m11/s1. The third-order valence-corrected chi connectivity index (χ3v) is 21.9. The zero-order valence-electron chi connectivity index (χ0n) is 72.1. The number of primary amides is 1. The summed E-state index contributed by atoms with van der Waals surface area (Å²) in [7, 11) is 0. The summed E-state index contributed by atoms with van der Waals surface area (Å²) in [6.07, 6.45) is 6.66. The molecule has 7 rings (SSSR count). The van der Waals surface area contributed by atoms with Gasteiger partial charge < -0.3 is 82.7 Å². The summed E-state index contributed by atoms with van der Waals surface area (Å²) in [5.74, 6) is -12.5. The number of carbonyl (C=O) groups is 16. The van der Waals surface area contributed by atoms with Crippen molar-refractivity contribution in [2.75, 3.05) is 72.1 Å². The molecule has 5 aromatic rings. The highest BCUT2D eigenvalue weighted by Crippen LogP contribution is 2.24. The first-order chi connectivity index (χ1) is 59.0. The Hall–Kier alpha value is -11.5. The van der Waals surface area contributed by atoms with Crippen LogP contribution in [0.4, 0.5) is 0 Å². The molecule has 1 aromatic heterocycles. The largest absolute Gasteiger partial charge is 0.508 e. The van der Waals surface area contributed by atoms with Crippen LogP contribution in [0, 0.1) is 17.8 Å². The lowest BCUT2D eigenvalue weighted by Crippen LogP contribution is -2.60. The summed E-state index contributed by atoms with van der Waals surface area (Å²) >= 11 is 0. The van der Waals surface area contributed by atoms with Gasteiger partial charge in [0.05, 0.1) is 50.3 Å². The number of nitrogens with zero attached hydrogens (tertiary/aromatic N) is 4. The number of H-pyrrole nitrogens is 1. The SMILES string of the molecule is CC(=O)C(=O)[C@H](Cc1ccc(O)cc1)NC[C@H]1CCCCN(C(C)=O)CCCCN(CC(=O)N[C@@H](Cc2ccc(O)cc2)C(=O)O)N[C@@H](CC(C)C)C(=O)C(=O)C(Cc2ccc(O)cc2)NC(=O)[C@H](CCC(N)=O)NC(=O)C(CO)NC(=O)[C@H](Cc2c[nH]c3ccccc23)NC1=O.CCC(=O)CN1CCCCN(C(C)=O)CCCC[C@H](CCC(C)=O)C(=O)C1. The van der Waals surface area contributed by atoms with Gasteiger partial charge in [-0.1, -0.05) is 88.2 Å². The van der Waals surface area contributed by atoms with E-state index in [1.54, 1.807) is 75.2 Å². The smallest absolute Gasteiger partial charge is 0.326 e. The van der Waals surface area contributed by atoms with E-state index in [1.807, 2.05) is 16.7 Å². The van der Waals surface area contributed by atoms with Gasteiger partial charge >= 0.3 is 5.97 Å². The number of hydrazine groups is 1. The number of carbonyl (C=O) groups excluding carboxylic acids is 15. The fourth-order valence-electron chi connectivity index (χ4n) is 14.8. The molecule has 2 fully saturated rings. The molecule has 0 bridgehead atoms. The highest BCUT2D eigenvalue weighted by atomic mass is 16.4. The average Bonchev–Trinajstić information content (AvgIpc) is 1.69. The Kier molecular flexibility index (Phi) is 42.7. The summed E-state index contributed by atoms with van der Waals surface area (Å²) in [5, 5.41) is 69.0. The van der Waals surface area contributed by atoms with Crippen molar-refractivity contribution in [3.8, 4) is 17.2 Å². The number of hydrogen-bond acceptors (Lipinski definition) is 24. The molecule has 4 aromatic carbocycles. The lowest BCUT2D eigenvalue weighted by atomic mass is 9.91. The number of aliphatic carboxylic acids is 1. The molecule has 124 heavy (non-hydrogen) atoms. The van der Waals surface area contributed by atoms with E-state index in [0.29, 0.717) is 78.4 Å². The fraction of sp³-hybridized carbons (Fsp3) is 0.533. The topological polar surface area (TPSA) is 513 Å². The van der Waals surface area contributed by atoms with Crippen LogP contribution in [0.2, 0.25) is 0 Å². The Balaban J connectivity index is 0.000000747. The zero-order chi connectivity index (χ0) is 91.1. The van der Waals surface area contributed by atoms with Crippen LogP contribution in [0.3, 0.4) is 0 Å². The van der Waals surface area contributed by atoms with Crippen molar-refractivity contribution in [2.24, 2.45) is 23.5 Å². The summed E-state index contributed by atoms with van der Waals surface area (Å²) in [5.41, 5.74) is 11.2. The van der Waals surface area contributed by atoms with Crippen LogP contribution in [0.1, 0.15) is 173 Å². The number of benzene rings is 4. The maximum Gasteiger partial charge on any atom is 0.326 e. The molecule has 2 aliphatic heterocycles. The maximum absolute atomic E-state index is 15.0. The van der Waals surface area contributed by atoms with Gasteiger partial charge in [-0.05, 0) is 161 Å². The van der Waals surface area contributed by atoms with Gasteiger partial charge in [0.1, 0.15) is 58.8 Å². The summed E-state index contributed by atoms with van der Waals surface area (Å²) in [6, 6.07) is 13.4. The van der Waals surface area contributed by atoms with Gasteiger partial charge in [0.2, 0.25) is 64.6 Å². The number of Topliss-reactive ketones (excluding diaryl/α,β-unsaturated/α-hetero) is 7. The normalized spacial score (nSPS) is 20.5.